The van der Waals surface area contributed by atoms with Gasteiger partial charge in [-0.25, -0.2) is 4.79 Å². The summed E-state index contributed by atoms with van der Waals surface area (Å²) in [6, 6.07) is 7.66. The van der Waals surface area contributed by atoms with Gasteiger partial charge < -0.3 is 14.7 Å². The minimum Gasteiger partial charge on any atom is -0.444 e. The molecule has 1 aromatic carbocycles. The third-order valence-corrected chi connectivity index (χ3v) is 4.51. The summed E-state index contributed by atoms with van der Waals surface area (Å²) < 4.78 is 5.42. The average Bonchev–Trinajstić information content (AvgIpc) is 2.49. The number of hydrogen-bond acceptors (Lipinski definition) is 3. The Labute approximate surface area is 143 Å². The largest absolute Gasteiger partial charge is 0.444 e. The highest BCUT2D eigenvalue weighted by Crippen LogP contribution is 2.33. The van der Waals surface area contributed by atoms with Crippen LogP contribution in [0.5, 0.6) is 0 Å². The highest BCUT2D eigenvalue weighted by molar-refractivity contribution is 6.30. The second kappa shape index (κ2) is 7.54. The molecule has 1 aromatic rings. The Kier molecular flexibility index (Phi) is 5.93. The Morgan fingerprint density at radius 2 is 1.87 bits per heavy atom. The maximum Gasteiger partial charge on any atom is 0.410 e. The van der Waals surface area contributed by atoms with E-state index in [4.69, 9.17) is 16.3 Å². The first-order chi connectivity index (χ1) is 10.8. The van der Waals surface area contributed by atoms with Crippen molar-refractivity contribution in [3.63, 3.8) is 0 Å². The standard InChI is InChI=1S/C18H26ClNO3/c1-18(2,3)23-17(22)20-10-8-14(9-11-20)16(12-21)13-4-6-15(19)7-5-13/h4-7,14,16,21H,8-12H2,1-3H3/t16-/m0/s1. The molecule has 1 heterocycles. The lowest BCUT2D eigenvalue weighted by Crippen LogP contribution is -2.42. The Morgan fingerprint density at radius 3 is 2.35 bits per heavy atom. The number of rotatable bonds is 3. The first-order valence-electron chi connectivity index (χ1n) is 8.14. The summed E-state index contributed by atoms with van der Waals surface area (Å²) in [5.41, 5.74) is 0.637. The van der Waals surface area contributed by atoms with E-state index in [0.717, 1.165) is 18.4 Å². The third-order valence-electron chi connectivity index (χ3n) is 4.26. The number of carbonyl (C=O) groups excluding carboxylic acids is 1. The Hall–Kier alpha value is -1.26. The molecule has 4 nitrogen and oxygen atoms in total. The zero-order valence-electron chi connectivity index (χ0n) is 14.1. The number of ether oxygens (including phenoxy) is 1. The van der Waals surface area contributed by atoms with Crippen LogP contribution in [0.25, 0.3) is 0 Å². The predicted molar refractivity (Wildman–Crippen MR) is 91.8 cm³/mol. The second-order valence-corrected chi connectivity index (χ2v) is 7.58. The van der Waals surface area contributed by atoms with Gasteiger partial charge in [0.05, 0.1) is 6.61 Å². The molecule has 1 amide bonds. The van der Waals surface area contributed by atoms with Crippen LogP contribution in [0, 0.1) is 5.92 Å². The number of aliphatic hydroxyl groups excluding tert-OH is 1. The lowest BCUT2D eigenvalue weighted by Gasteiger charge is -2.36. The van der Waals surface area contributed by atoms with Gasteiger partial charge in [0.2, 0.25) is 0 Å². The summed E-state index contributed by atoms with van der Waals surface area (Å²) in [4.78, 5) is 13.9. The van der Waals surface area contributed by atoms with E-state index in [1.165, 1.54) is 0 Å². The molecule has 128 valence electrons. The van der Waals surface area contributed by atoms with Crippen molar-refractivity contribution in [3.05, 3.63) is 34.9 Å². The number of carbonyl (C=O) groups is 1. The zero-order chi connectivity index (χ0) is 17.0. The van der Waals surface area contributed by atoms with Gasteiger partial charge in [-0.2, -0.15) is 0 Å². The summed E-state index contributed by atoms with van der Waals surface area (Å²) in [6.45, 7) is 7.08. The molecule has 1 atom stereocenters. The van der Waals surface area contributed by atoms with E-state index in [-0.39, 0.29) is 18.6 Å². The van der Waals surface area contributed by atoms with Crippen molar-refractivity contribution < 1.29 is 14.6 Å². The Bertz CT molecular complexity index is 516. The average molecular weight is 340 g/mol. The molecule has 0 aromatic heterocycles. The van der Waals surface area contributed by atoms with E-state index in [2.05, 4.69) is 0 Å². The Balaban J connectivity index is 1.94. The molecule has 1 saturated heterocycles. The lowest BCUT2D eigenvalue weighted by atomic mass is 9.80. The van der Waals surface area contributed by atoms with E-state index in [1.54, 1.807) is 4.90 Å². The van der Waals surface area contributed by atoms with Gasteiger partial charge in [0.1, 0.15) is 5.60 Å². The van der Waals surface area contributed by atoms with E-state index in [1.807, 2.05) is 45.0 Å². The molecular formula is C18H26ClNO3. The van der Waals surface area contributed by atoms with Crippen LogP contribution in [-0.4, -0.2) is 41.4 Å². The number of halogens is 1. The van der Waals surface area contributed by atoms with Gasteiger partial charge in [-0.3, -0.25) is 0 Å². The van der Waals surface area contributed by atoms with Gasteiger partial charge in [-0.05, 0) is 57.2 Å². The molecule has 1 N–H and O–H groups in total. The summed E-state index contributed by atoms with van der Waals surface area (Å²) in [5, 5.41) is 10.5. The molecule has 0 bridgehead atoms. The number of hydrogen-bond donors (Lipinski definition) is 1. The van der Waals surface area contributed by atoms with Crippen molar-refractivity contribution in [2.24, 2.45) is 5.92 Å². The molecule has 5 heteroatoms. The number of amides is 1. The monoisotopic (exact) mass is 339 g/mol. The van der Waals surface area contributed by atoms with Gasteiger partial charge in [-0.15, -0.1) is 0 Å². The first kappa shape index (κ1) is 18.1. The zero-order valence-corrected chi connectivity index (χ0v) is 14.8. The van der Waals surface area contributed by atoms with Crippen LogP contribution in [-0.2, 0) is 4.74 Å². The highest BCUT2D eigenvalue weighted by Gasteiger charge is 2.31. The van der Waals surface area contributed by atoms with Gasteiger partial charge >= 0.3 is 6.09 Å². The van der Waals surface area contributed by atoms with E-state index >= 15 is 0 Å². The van der Waals surface area contributed by atoms with Crippen LogP contribution >= 0.6 is 11.6 Å². The van der Waals surface area contributed by atoms with Crippen LogP contribution in [0.4, 0.5) is 4.79 Å². The van der Waals surface area contributed by atoms with Gasteiger partial charge in [0.25, 0.3) is 0 Å². The first-order valence-corrected chi connectivity index (χ1v) is 8.52. The molecule has 1 aliphatic heterocycles. The van der Waals surface area contributed by atoms with Crippen LogP contribution in [0.2, 0.25) is 5.02 Å². The van der Waals surface area contributed by atoms with Crippen molar-refractivity contribution in [2.45, 2.75) is 45.1 Å². The second-order valence-electron chi connectivity index (χ2n) is 7.15. The van der Waals surface area contributed by atoms with Crippen molar-refractivity contribution in [2.75, 3.05) is 19.7 Å². The maximum atomic E-state index is 12.1. The molecule has 1 aliphatic rings. The van der Waals surface area contributed by atoms with Crippen molar-refractivity contribution in [1.29, 1.82) is 0 Å². The van der Waals surface area contributed by atoms with Gasteiger partial charge in [0, 0.05) is 24.0 Å². The van der Waals surface area contributed by atoms with Crippen molar-refractivity contribution in [3.8, 4) is 0 Å². The number of nitrogens with zero attached hydrogens (tertiary/aromatic N) is 1. The van der Waals surface area contributed by atoms with Gasteiger partial charge in [-0.1, -0.05) is 23.7 Å². The fraction of sp³-hybridized carbons (Fsp3) is 0.611. The predicted octanol–water partition coefficient (Wildman–Crippen LogP) is 4.06. The summed E-state index contributed by atoms with van der Waals surface area (Å²) in [7, 11) is 0. The molecular weight excluding hydrogens is 314 g/mol. The van der Waals surface area contributed by atoms with Crippen molar-refractivity contribution >= 4 is 17.7 Å². The minimum atomic E-state index is -0.467. The van der Waals surface area contributed by atoms with Crippen LogP contribution in [0.1, 0.15) is 45.1 Å². The fourth-order valence-electron chi connectivity index (χ4n) is 3.05. The molecule has 0 aliphatic carbocycles. The molecule has 0 unspecified atom stereocenters. The van der Waals surface area contributed by atoms with Crippen LogP contribution in [0.15, 0.2) is 24.3 Å². The highest BCUT2D eigenvalue weighted by atomic mass is 35.5. The summed E-state index contributed by atoms with van der Waals surface area (Å²) >= 11 is 5.93. The Morgan fingerprint density at radius 1 is 1.30 bits per heavy atom. The molecule has 0 spiro atoms. The van der Waals surface area contributed by atoms with Gasteiger partial charge in [0.15, 0.2) is 0 Å². The normalized spacial score (nSPS) is 17.9. The SMILES string of the molecule is CC(C)(C)OC(=O)N1CCC([C@@H](CO)c2ccc(Cl)cc2)CC1. The lowest BCUT2D eigenvalue weighted by molar-refractivity contribution is 0.0165. The van der Waals surface area contributed by atoms with Crippen molar-refractivity contribution in [1.82, 2.24) is 4.90 Å². The smallest absolute Gasteiger partial charge is 0.410 e. The molecule has 2 rings (SSSR count). The molecule has 23 heavy (non-hydrogen) atoms. The number of aliphatic hydroxyl groups is 1. The van der Waals surface area contributed by atoms with Crippen LogP contribution in [0.3, 0.4) is 0 Å². The molecule has 0 radical (unpaired) electrons. The molecule has 0 saturated carbocycles. The third kappa shape index (κ3) is 5.11. The molecule has 1 fully saturated rings. The topological polar surface area (TPSA) is 49.8 Å². The fourth-order valence-corrected chi connectivity index (χ4v) is 3.17. The van der Waals surface area contributed by atoms with Crippen LogP contribution < -0.4 is 0 Å². The number of benzene rings is 1. The number of likely N-dealkylation sites (tertiary alicyclic amines) is 1. The quantitative estimate of drug-likeness (QED) is 0.903. The summed E-state index contributed by atoms with van der Waals surface area (Å²) in [5.74, 6) is 0.452. The number of piperidine rings is 1. The van der Waals surface area contributed by atoms with E-state index < -0.39 is 5.60 Å². The summed E-state index contributed by atoms with van der Waals surface area (Å²) in [6.07, 6.45) is 1.49. The maximum absolute atomic E-state index is 12.1. The minimum absolute atomic E-state index is 0.0908. The van der Waals surface area contributed by atoms with E-state index in [9.17, 15) is 9.90 Å². The van der Waals surface area contributed by atoms with E-state index in [0.29, 0.717) is 24.0 Å².